The van der Waals surface area contributed by atoms with Gasteiger partial charge in [0.05, 0.1) is 25.0 Å². The number of imidazole rings is 1. The molecule has 2 N–H and O–H groups in total. The molecule has 10 nitrogen and oxygen atoms in total. The molecule has 0 spiro atoms. The third kappa shape index (κ3) is 5.02. The van der Waals surface area contributed by atoms with Gasteiger partial charge in [-0.3, -0.25) is 14.0 Å². The lowest BCUT2D eigenvalue weighted by atomic mass is 10.1. The van der Waals surface area contributed by atoms with E-state index in [1.54, 1.807) is 27.6 Å². The summed E-state index contributed by atoms with van der Waals surface area (Å²) < 4.78 is 35.7. The number of nitrogens with zero attached hydrogens (tertiary/aromatic N) is 5. The summed E-state index contributed by atoms with van der Waals surface area (Å²) in [6.07, 6.45) is 6.49. The Morgan fingerprint density at radius 3 is 2.55 bits per heavy atom. The van der Waals surface area contributed by atoms with Gasteiger partial charge in [-0.2, -0.15) is 4.39 Å². The molecule has 0 radical (unpaired) electrons. The maximum atomic E-state index is 14.8. The quantitative estimate of drug-likeness (QED) is 0.361. The molecule has 1 atom stereocenters. The zero-order chi connectivity index (χ0) is 29.4. The monoisotopic (exact) mass is 575 g/mol. The second-order valence-corrected chi connectivity index (χ2v) is 10.5. The molecule has 42 heavy (non-hydrogen) atoms. The number of methoxy groups -OCH3 is 1. The highest BCUT2D eigenvalue weighted by atomic mass is 19.2. The van der Waals surface area contributed by atoms with E-state index >= 15 is 0 Å². The van der Waals surface area contributed by atoms with Crippen LogP contribution >= 0.6 is 0 Å². The Labute approximate surface area is 241 Å². The first-order valence-electron chi connectivity index (χ1n) is 13.9. The summed E-state index contributed by atoms with van der Waals surface area (Å²) in [5, 5.41) is 6.48. The Bertz CT molecular complexity index is 1660. The Hall–Kier alpha value is -4.58. The van der Waals surface area contributed by atoms with Gasteiger partial charge in [0.1, 0.15) is 0 Å². The number of nitrogens with one attached hydrogen (secondary N) is 2. The normalized spacial score (nSPS) is 17.1. The molecule has 2 fully saturated rings. The molecule has 12 heteroatoms. The van der Waals surface area contributed by atoms with Crippen LogP contribution in [-0.2, 0) is 4.79 Å². The SMILES string of the molecule is COc1ccc(-c2cnc3c(Nc4ccc(C(=O)N5CCN(C(=O)[C@@H]6CCCN6)CC5)c(C)c4)nccn23)c(F)c1F. The van der Waals surface area contributed by atoms with Crippen LogP contribution in [-0.4, -0.2) is 81.9 Å². The van der Waals surface area contributed by atoms with Gasteiger partial charge in [0, 0.05) is 55.4 Å². The van der Waals surface area contributed by atoms with Crippen molar-refractivity contribution in [3.05, 3.63) is 71.7 Å². The number of carbonyl (C=O) groups excluding carboxylic acids is 2. The summed E-state index contributed by atoms with van der Waals surface area (Å²) in [6.45, 7) is 4.77. The minimum Gasteiger partial charge on any atom is -0.494 e. The van der Waals surface area contributed by atoms with E-state index < -0.39 is 11.6 Å². The number of piperazine rings is 1. The lowest BCUT2D eigenvalue weighted by Gasteiger charge is -2.36. The van der Waals surface area contributed by atoms with Gasteiger partial charge in [-0.1, -0.05) is 0 Å². The molecular weight excluding hydrogens is 544 g/mol. The Kier molecular flexibility index (Phi) is 7.46. The summed E-state index contributed by atoms with van der Waals surface area (Å²) in [4.78, 5) is 38.5. The van der Waals surface area contributed by atoms with Gasteiger partial charge in [-0.15, -0.1) is 0 Å². The maximum Gasteiger partial charge on any atom is 0.254 e. The van der Waals surface area contributed by atoms with Crippen LogP contribution in [0.2, 0.25) is 0 Å². The van der Waals surface area contributed by atoms with Gasteiger partial charge in [-0.05, 0) is 62.2 Å². The largest absolute Gasteiger partial charge is 0.494 e. The molecule has 0 aliphatic carbocycles. The van der Waals surface area contributed by atoms with Gasteiger partial charge in [0.2, 0.25) is 11.7 Å². The van der Waals surface area contributed by atoms with Crippen molar-refractivity contribution in [2.45, 2.75) is 25.8 Å². The average molecular weight is 576 g/mol. The van der Waals surface area contributed by atoms with Crippen molar-refractivity contribution < 1.29 is 23.1 Å². The predicted molar refractivity (Wildman–Crippen MR) is 153 cm³/mol. The molecule has 2 aromatic carbocycles. The number of benzene rings is 2. The van der Waals surface area contributed by atoms with Crippen molar-refractivity contribution in [1.29, 1.82) is 0 Å². The number of fused-ring (bicyclic) bond motifs is 1. The van der Waals surface area contributed by atoms with Crippen LogP contribution in [0.4, 0.5) is 20.3 Å². The predicted octanol–water partition coefficient (Wildman–Crippen LogP) is 3.77. The van der Waals surface area contributed by atoms with Gasteiger partial charge < -0.3 is 25.2 Å². The summed E-state index contributed by atoms with van der Waals surface area (Å²) in [5.41, 5.74) is 2.87. The number of anilines is 2. The van der Waals surface area contributed by atoms with Crippen molar-refractivity contribution >= 4 is 29.0 Å². The number of halogens is 2. The molecule has 4 heterocycles. The van der Waals surface area contributed by atoms with Gasteiger partial charge in [0.25, 0.3) is 5.91 Å². The van der Waals surface area contributed by atoms with Crippen LogP contribution in [0.15, 0.2) is 48.9 Å². The Balaban J connectivity index is 1.16. The zero-order valence-electron chi connectivity index (χ0n) is 23.4. The van der Waals surface area contributed by atoms with E-state index in [-0.39, 0.29) is 29.2 Å². The van der Waals surface area contributed by atoms with Crippen LogP contribution in [0.25, 0.3) is 16.9 Å². The fourth-order valence-electron chi connectivity index (χ4n) is 5.63. The maximum absolute atomic E-state index is 14.8. The number of amides is 2. The summed E-state index contributed by atoms with van der Waals surface area (Å²) in [5.74, 6) is -1.82. The van der Waals surface area contributed by atoms with Crippen molar-refractivity contribution in [2.24, 2.45) is 0 Å². The van der Waals surface area contributed by atoms with E-state index in [0.717, 1.165) is 24.9 Å². The second kappa shape index (κ2) is 11.4. The van der Waals surface area contributed by atoms with Crippen molar-refractivity contribution in [1.82, 2.24) is 29.5 Å². The smallest absolute Gasteiger partial charge is 0.254 e. The second-order valence-electron chi connectivity index (χ2n) is 10.5. The number of hydrogen-bond acceptors (Lipinski definition) is 7. The number of hydrogen-bond donors (Lipinski definition) is 2. The van der Waals surface area contributed by atoms with Gasteiger partial charge in [-0.25, -0.2) is 14.4 Å². The zero-order valence-corrected chi connectivity index (χ0v) is 23.4. The van der Waals surface area contributed by atoms with Crippen LogP contribution in [0.1, 0.15) is 28.8 Å². The van der Waals surface area contributed by atoms with Gasteiger partial charge in [0.15, 0.2) is 23.0 Å². The number of rotatable bonds is 6. The molecule has 2 saturated heterocycles. The number of aryl methyl sites for hydroxylation is 1. The minimum atomic E-state index is -1.07. The molecule has 6 rings (SSSR count). The van der Waals surface area contributed by atoms with Gasteiger partial charge >= 0.3 is 0 Å². The standard InChI is InChI=1S/C30H31F2N7O3/c1-18-16-19(5-6-20(18)29(40)37-12-14-38(15-13-37)30(41)22-4-3-9-33-22)36-27-28-35-17-23(39(28)11-10-34-27)21-7-8-24(42-2)26(32)25(21)31/h5-8,10-11,16-17,22,33H,3-4,9,12-15H2,1-2H3,(H,34,36)/t22-/m0/s1. The number of ether oxygens (including phenoxy) is 1. The van der Waals surface area contributed by atoms with Crippen LogP contribution in [0, 0.1) is 18.6 Å². The van der Waals surface area contributed by atoms with E-state index in [1.165, 1.54) is 31.6 Å². The average Bonchev–Trinajstić information content (AvgIpc) is 3.70. The lowest BCUT2D eigenvalue weighted by molar-refractivity contribution is -0.134. The Morgan fingerprint density at radius 2 is 1.83 bits per heavy atom. The molecule has 0 unspecified atom stereocenters. The van der Waals surface area contributed by atoms with E-state index in [4.69, 9.17) is 4.74 Å². The third-order valence-electron chi connectivity index (χ3n) is 7.93. The molecule has 2 aliphatic heterocycles. The molecule has 0 saturated carbocycles. The van der Waals surface area contributed by atoms with E-state index in [2.05, 4.69) is 20.6 Å². The summed E-state index contributed by atoms with van der Waals surface area (Å²) in [7, 11) is 1.28. The van der Waals surface area contributed by atoms with E-state index in [0.29, 0.717) is 54.6 Å². The van der Waals surface area contributed by atoms with Crippen LogP contribution in [0.5, 0.6) is 5.75 Å². The van der Waals surface area contributed by atoms with Crippen LogP contribution < -0.4 is 15.4 Å². The topological polar surface area (TPSA) is 104 Å². The fraction of sp³-hybridized carbons (Fsp3) is 0.333. The Morgan fingerprint density at radius 1 is 1.05 bits per heavy atom. The highest BCUT2D eigenvalue weighted by Gasteiger charge is 2.31. The van der Waals surface area contributed by atoms with Crippen LogP contribution in [0.3, 0.4) is 0 Å². The molecule has 0 bridgehead atoms. The molecule has 2 aliphatic rings. The minimum absolute atomic E-state index is 0.0389. The molecule has 2 amide bonds. The summed E-state index contributed by atoms with van der Waals surface area (Å²) in [6, 6.07) is 8.12. The first kappa shape index (κ1) is 27.6. The molecular formula is C30H31F2N7O3. The highest BCUT2D eigenvalue weighted by molar-refractivity contribution is 5.96. The summed E-state index contributed by atoms with van der Waals surface area (Å²) >= 11 is 0. The molecule has 218 valence electrons. The highest BCUT2D eigenvalue weighted by Crippen LogP contribution is 2.31. The van der Waals surface area contributed by atoms with Crippen molar-refractivity contribution in [3.8, 4) is 17.0 Å². The van der Waals surface area contributed by atoms with Crippen molar-refractivity contribution in [3.63, 3.8) is 0 Å². The number of carbonyl (C=O) groups is 2. The lowest BCUT2D eigenvalue weighted by Crippen LogP contribution is -2.54. The van der Waals surface area contributed by atoms with E-state index in [1.807, 2.05) is 17.9 Å². The third-order valence-corrected chi connectivity index (χ3v) is 7.93. The molecule has 4 aromatic rings. The van der Waals surface area contributed by atoms with E-state index in [9.17, 15) is 18.4 Å². The molecule has 2 aromatic heterocycles. The first-order valence-corrected chi connectivity index (χ1v) is 13.9. The first-order chi connectivity index (χ1) is 20.4. The fourth-order valence-corrected chi connectivity index (χ4v) is 5.63. The number of aromatic nitrogens is 3. The van der Waals surface area contributed by atoms with Crippen molar-refractivity contribution in [2.75, 3.05) is 45.2 Å².